The lowest BCUT2D eigenvalue weighted by Crippen LogP contribution is -2.37. The van der Waals surface area contributed by atoms with E-state index in [2.05, 4.69) is 45.4 Å². The zero-order valence-corrected chi connectivity index (χ0v) is 16.4. The molecule has 0 aromatic carbocycles. The summed E-state index contributed by atoms with van der Waals surface area (Å²) in [6, 6.07) is 0.753. The number of thiazole rings is 1. The minimum absolute atomic E-state index is 0.574. The van der Waals surface area contributed by atoms with Gasteiger partial charge in [0, 0.05) is 43.0 Å². The topological polar surface area (TPSA) is 37.2 Å². The van der Waals surface area contributed by atoms with Gasteiger partial charge in [0.15, 0.2) is 0 Å². The molecule has 5 nitrogen and oxygen atoms in total. The van der Waals surface area contributed by atoms with Crippen molar-refractivity contribution in [3.05, 3.63) is 34.0 Å². The van der Waals surface area contributed by atoms with Crippen LogP contribution in [0.25, 0.3) is 0 Å². The van der Waals surface area contributed by atoms with Crippen molar-refractivity contribution in [3.8, 4) is 0 Å². The van der Waals surface area contributed by atoms with Gasteiger partial charge in [0.25, 0.3) is 0 Å². The summed E-state index contributed by atoms with van der Waals surface area (Å²) in [7, 11) is 4.30. The maximum atomic E-state index is 4.58. The van der Waals surface area contributed by atoms with E-state index in [1.807, 2.05) is 17.9 Å². The number of hydrogen-bond acceptors (Lipinski definition) is 5. The number of rotatable bonds is 6. The summed E-state index contributed by atoms with van der Waals surface area (Å²) in [5.41, 5.74) is 3.25. The number of likely N-dealkylation sites (tertiary alicyclic amines) is 1. The lowest BCUT2D eigenvalue weighted by Gasteiger charge is -2.34. The summed E-state index contributed by atoms with van der Waals surface area (Å²) in [5.74, 6) is 0. The van der Waals surface area contributed by atoms with Crippen LogP contribution in [0.1, 0.15) is 42.5 Å². The molecule has 0 bridgehead atoms. The van der Waals surface area contributed by atoms with Crippen LogP contribution in [0.2, 0.25) is 0 Å². The first-order valence-electron chi connectivity index (χ1n) is 9.42. The summed E-state index contributed by atoms with van der Waals surface area (Å²) in [6.07, 6.45) is 9.18. The van der Waals surface area contributed by atoms with Crippen LogP contribution in [0, 0.1) is 5.41 Å². The third-order valence-corrected chi connectivity index (χ3v) is 6.88. The molecule has 2 aliphatic rings. The van der Waals surface area contributed by atoms with E-state index < -0.39 is 0 Å². The number of aromatic nitrogens is 3. The Morgan fingerprint density at radius 3 is 2.84 bits per heavy atom. The van der Waals surface area contributed by atoms with Gasteiger partial charge in [-0.05, 0) is 51.2 Å². The fraction of sp³-hybridized carbons (Fsp3) is 0.684. The van der Waals surface area contributed by atoms with Crippen LogP contribution < -0.4 is 0 Å². The maximum Gasteiger partial charge on any atom is 0.107 e. The normalized spacial score (nSPS) is 22.8. The predicted molar refractivity (Wildman–Crippen MR) is 102 cm³/mol. The number of piperidine rings is 1. The maximum absolute atomic E-state index is 4.58. The van der Waals surface area contributed by atoms with Gasteiger partial charge in [-0.1, -0.05) is 6.92 Å². The molecule has 1 spiro atoms. The molecule has 0 radical (unpaired) electrons. The summed E-state index contributed by atoms with van der Waals surface area (Å²) < 4.78 is 1.96. The average Bonchev–Trinajstić information content (AvgIpc) is 2.93. The van der Waals surface area contributed by atoms with Crippen molar-refractivity contribution < 1.29 is 0 Å². The Bertz CT molecular complexity index is 699. The van der Waals surface area contributed by atoms with Gasteiger partial charge in [0.2, 0.25) is 0 Å². The molecule has 136 valence electrons. The van der Waals surface area contributed by atoms with E-state index in [1.54, 1.807) is 11.3 Å². The molecule has 0 amide bonds. The van der Waals surface area contributed by atoms with Gasteiger partial charge in [-0.25, -0.2) is 4.98 Å². The molecular weight excluding hydrogens is 330 g/mol. The van der Waals surface area contributed by atoms with Crippen LogP contribution >= 0.6 is 11.3 Å². The molecule has 1 saturated carbocycles. The molecule has 2 aromatic heterocycles. The zero-order chi connectivity index (χ0) is 17.4. The van der Waals surface area contributed by atoms with Gasteiger partial charge in [-0.15, -0.1) is 11.3 Å². The van der Waals surface area contributed by atoms with Gasteiger partial charge >= 0.3 is 0 Å². The van der Waals surface area contributed by atoms with E-state index in [9.17, 15) is 0 Å². The van der Waals surface area contributed by atoms with E-state index in [4.69, 9.17) is 0 Å². The Morgan fingerprint density at radius 2 is 2.16 bits per heavy atom. The summed E-state index contributed by atoms with van der Waals surface area (Å²) >= 11 is 1.77. The molecule has 0 N–H and O–H groups in total. The van der Waals surface area contributed by atoms with Crippen molar-refractivity contribution in [3.63, 3.8) is 0 Å². The molecule has 1 atom stereocenters. The van der Waals surface area contributed by atoms with Gasteiger partial charge in [-0.2, -0.15) is 5.10 Å². The van der Waals surface area contributed by atoms with Gasteiger partial charge in [-0.3, -0.25) is 14.5 Å². The standard InChI is InChI=1S/C19H29N5S/c1-4-16-15(12-23(3)21-16)13-24-8-5-19(6-9-24)11-17(19)22(2)14-18-20-7-10-25-18/h7,10,12,17H,4-6,8-9,11,13-14H2,1-3H3/t17-/m1/s1. The average molecular weight is 360 g/mol. The molecule has 2 aromatic rings. The van der Waals surface area contributed by atoms with Gasteiger partial charge in [0.1, 0.15) is 5.01 Å². The SMILES string of the molecule is CCc1nn(C)cc1CN1CCC2(CC1)C[C@H]2N(C)Cc1nccs1. The fourth-order valence-electron chi connectivity index (χ4n) is 4.55. The third-order valence-electron chi connectivity index (χ3n) is 6.12. The lowest BCUT2D eigenvalue weighted by atomic mass is 9.92. The Balaban J connectivity index is 1.30. The van der Waals surface area contributed by atoms with Crippen LogP contribution in [-0.2, 0) is 26.6 Å². The van der Waals surface area contributed by atoms with Crippen LogP contribution in [0.5, 0.6) is 0 Å². The highest BCUT2D eigenvalue weighted by atomic mass is 32.1. The second kappa shape index (κ2) is 6.82. The van der Waals surface area contributed by atoms with Crippen molar-refractivity contribution in [1.82, 2.24) is 24.6 Å². The Labute approximate surface area is 154 Å². The molecule has 3 heterocycles. The summed E-state index contributed by atoms with van der Waals surface area (Å²) in [6.45, 7) is 6.71. The largest absolute Gasteiger partial charge is 0.299 e. The molecule has 1 aliphatic heterocycles. The van der Waals surface area contributed by atoms with Crippen LogP contribution in [0.3, 0.4) is 0 Å². The zero-order valence-electron chi connectivity index (χ0n) is 15.6. The molecule has 1 aliphatic carbocycles. The Hall–Kier alpha value is -1.24. The molecular formula is C19H29N5S. The fourth-order valence-corrected chi connectivity index (χ4v) is 5.23. The van der Waals surface area contributed by atoms with Crippen molar-refractivity contribution in [1.29, 1.82) is 0 Å². The van der Waals surface area contributed by atoms with Crippen molar-refractivity contribution >= 4 is 11.3 Å². The molecule has 4 rings (SSSR count). The highest BCUT2D eigenvalue weighted by Gasteiger charge is 2.56. The first-order valence-corrected chi connectivity index (χ1v) is 10.3. The van der Waals surface area contributed by atoms with E-state index in [0.717, 1.165) is 25.6 Å². The van der Waals surface area contributed by atoms with Crippen LogP contribution in [0.15, 0.2) is 17.8 Å². The van der Waals surface area contributed by atoms with Gasteiger partial charge < -0.3 is 0 Å². The van der Waals surface area contributed by atoms with E-state index in [-0.39, 0.29) is 0 Å². The highest BCUT2D eigenvalue weighted by Crippen LogP contribution is 2.56. The van der Waals surface area contributed by atoms with E-state index in [1.165, 1.54) is 48.6 Å². The first-order chi connectivity index (χ1) is 12.1. The minimum Gasteiger partial charge on any atom is -0.299 e. The van der Waals surface area contributed by atoms with E-state index in [0.29, 0.717) is 5.41 Å². The van der Waals surface area contributed by atoms with Gasteiger partial charge in [0.05, 0.1) is 12.2 Å². The quantitative estimate of drug-likeness (QED) is 0.795. The monoisotopic (exact) mass is 359 g/mol. The second-order valence-corrected chi connectivity index (χ2v) is 8.81. The lowest BCUT2D eigenvalue weighted by molar-refractivity contribution is 0.139. The number of hydrogen-bond donors (Lipinski definition) is 0. The van der Waals surface area contributed by atoms with Crippen molar-refractivity contribution in [2.45, 2.75) is 51.7 Å². The Kier molecular flexibility index (Phi) is 4.69. The smallest absolute Gasteiger partial charge is 0.107 e. The minimum atomic E-state index is 0.574. The molecule has 2 fully saturated rings. The second-order valence-electron chi connectivity index (χ2n) is 7.83. The Morgan fingerprint density at radius 1 is 1.36 bits per heavy atom. The number of aryl methyl sites for hydroxylation is 2. The predicted octanol–water partition coefficient (Wildman–Crippen LogP) is 2.93. The first kappa shape index (κ1) is 17.2. The molecule has 1 saturated heterocycles. The summed E-state index contributed by atoms with van der Waals surface area (Å²) in [4.78, 5) is 9.59. The van der Waals surface area contributed by atoms with E-state index >= 15 is 0 Å². The van der Waals surface area contributed by atoms with Crippen molar-refractivity contribution in [2.24, 2.45) is 12.5 Å². The highest BCUT2D eigenvalue weighted by molar-refractivity contribution is 7.09. The number of nitrogens with zero attached hydrogens (tertiary/aromatic N) is 5. The molecule has 0 unspecified atom stereocenters. The summed E-state index contributed by atoms with van der Waals surface area (Å²) in [5, 5.41) is 7.90. The molecule has 25 heavy (non-hydrogen) atoms. The molecule has 6 heteroatoms. The van der Waals surface area contributed by atoms with Crippen LogP contribution in [0.4, 0.5) is 0 Å². The van der Waals surface area contributed by atoms with Crippen LogP contribution in [-0.4, -0.2) is 50.7 Å². The van der Waals surface area contributed by atoms with Crippen molar-refractivity contribution in [2.75, 3.05) is 20.1 Å². The third kappa shape index (κ3) is 3.52.